The van der Waals surface area contributed by atoms with E-state index in [0.29, 0.717) is 24.1 Å². The van der Waals surface area contributed by atoms with E-state index in [0.717, 1.165) is 29.6 Å². The summed E-state index contributed by atoms with van der Waals surface area (Å²) in [5, 5.41) is 3.72. The van der Waals surface area contributed by atoms with Gasteiger partial charge < -0.3 is 10.1 Å². The van der Waals surface area contributed by atoms with Gasteiger partial charge >= 0.3 is 0 Å². The van der Waals surface area contributed by atoms with Crippen LogP contribution in [0.25, 0.3) is 16.8 Å². The number of ether oxygens (including phenoxy) is 1. The highest BCUT2D eigenvalue weighted by molar-refractivity contribution is 6.30. The van der Waals surface area contributed by atoms with E-state index in [2.05, 4.69) is 10.3 Å². The first-order chi connectivity index (χ1) is 12.2. The highest BCUT2D eigenvalue weighted by atomic mass is 35.5. The SMILES string of the molecule is O=C(NC1CCOCC1)c1nc(-c2cccc(Cl)c2)c2ccccn12. The van der Waals surface area contributed by atoms with E-state index in [1.165, 1.54) is 0 Å². The molecule has 1 fully saturated rings. The molecule has 0 saturated carbocycles. The molecule has 1 aliphatic heterocycles. The number of amides is 1. The summed E-state index contributed by atoms with van der Waals surface area (Å²) in [6.45, 7) is 1.36. The Balaban J connectivity index is 1.73. The van der Waals surface area contributed by atoms with Crippen LogP contribution in [0.2, 0.25) is 5.02 Å². The molecule has 1 saturated heterocycles. The highest BCUT2D eigenvalue weighted by Gasteiger charge is 2.22. The second kappa shape index (κ2) is 6.86. The third kappa shape index (κ3) is 3.25. The number of pyridine rings is 1. The number of nitrogens with zero attached hydrogens (tertiary/aromatic N) is 2. The van der Waals surface area contributed by atoms with Crippen molar-refractivity contribution in [2.24, 2.45) is 0 Å². The fraction of sp³-hybridized carbons (Fsp3) is 0.263. The smallest absolute Gasteiger partial charge is 0.287 e. The molecule has 6 heteroatoms. The number of halogens is 1. The fourth-order valence-corrected chi connectivity index (χ4v) is 3.33. The number of rotatable bonds is 3. The number of nitrogens with one attached hydrogen (secondary N) is 1. The minimum atomic E-state index is -0.165. The minimum Gasteiger partial charge on any atom is -0.381 e. The molecule has 4 rings (SSSR count). The first-order valence-electron chi connectivity index (χ1n) is 8.34. The van der Waals surface area contributed by atoms with Crippen LogP contribution in [0.1, 0.15) is 23.5 Å². The average molecular weight is 356 g/mol. The van der Waals surface area contributed by atoms with E-state index >= 15 is 0 Å². The van der Waals surface area contributed by atoms with Crippen molar-refractivity contribution in [2.45, 2.75) is 18.9 Å². The van der Waals surface area contributed by atoms with Crippen LogP contribution in [0.5, 0.6) is 0 Å². The Morgan fingerprint density at radius 1 is 1.20 bits per heavy atom. The van der Waals surface area contributed by atoms with Crippen LogP contribution in [-0.2, 0) is 4.74 Å². The van der Waals surface area contributed by atoms with E-state index in [-0.39, 0.29) is 11.9 Å². The van der Waals surface area contributed by atoms with Crippen LogP contribution in [0, 0.1) is 0 Å². The number of fused-ring (bicyclic) bond motifs is 1. The molecule has 3 aromatic rings. The van der Waals surface area contributed by atoms with Crippen molar-refractivity contribution >= 4 is 23.0 Å². The molecule has 0 bridgehead atoms. The average Bonchev–Trinajstić information content (AvgIpc) is 3.02. The monoisotopic (exact) mass is 355 g/mol. The normalized spacial score (nSPS) is 15.4. The van der Waals surface area contributed by atoms with Gasteiger partial charge in [0, 0.05) is 36.0 Å². The molecule has 1 N–H and O–H groups in total. The van der Waals surface area contributed by atoms with Crippen LogP contribution in [0.15, 0.2) is 48.7 Å². The number of benzene rings is 1. The van der Waals surface area contributed by atoms with Crippen molar-refractivity contribution in [3.05, 3.63) is 59.5 Å². The molecule has 128 valence electrons. The zero-order chi connectivity index (χ0) is 17.2. The van der Waals surface area contributed by atoms with Gasteiger partial charge in [0.15, 0.2) is 0 Å². The number of imidazole rings is 1. The van der Waals surface area contributed by atoms with E-state index in [1.807, 2.05) is 53.1 Å². The summed E-state index contributed by atoms with van der Waals surface area (Å²) in [7, 11) is 0. The first kappa shape index (κ1) is 16.1. The number of hydrogen-bond donors (Lipinski definition) is 1. The van der Waals surface area contributed by atoms with Gasteiger partial charge in [0.25, 0.3) is 5.91 Å². The zero-order valence-corrected chi connectivity index (χ0v) is 14.4. The number of carbonyl (C=O) groups excluding carboxylic acids is 1. The number of hydrogen-bond acceptors (Lipinski definition) is 3. The van der Waals surface area contributed by atoms with Crippen LogP contribution in [0.3, 0.4) is 0 Å². The Kier molecular flexibility index (Phi) is 4.42. The van der Waals surface area contributed by atoms with Gasteiger partial charge in [0.2, 0.25) is 5.82 Å². The maximum Gasteiger partial charge on any atom is 0.287 e. The van der Waals surface area contributed by atoms with Gasteiger partial charge in [-0.15, -0.1) is 0 Å². The summed E-state index contributed by atoms with van der Waals surface area (Å²) >= 11 is 6.12. The summed E-state index contributed by atoms with van der Waals surface area (Å²) in [6, 6.07) is 13.4. The molecule has 3 heterocycles. The molecule has 1 amide bonds. The van der Waals surface area contributed by atoms with E-state index in [9.17, 15) is 4.79 Å². The van der Waals surface area contributed by atoms with Crippen molar-refractivity contribution in [3.8, 4) is 11.3 Å². The molecular weight excluding hydrogens is 338 g/mol. The lowest BCUT2D eigenvalue weighted by Gasteiger charge is -2.22. The summed E-state index contributed by atoms with van der Waals surface area (Å²) in [6.07, 6.45) is 3.52. The summed E-state index contributed by atoms with van der Waals surface area (Å²) in [4.78, 5) is 17.4. The highest BCUT2D eigenvalue weighted by Crippen LogP contribution is 2.27. The van der Waals surface area contributed by atoms with E-state index < -0.39 is 0 Å². The Morgan fingerprint density at radius 2 is 2.04 bits per heavy atom. The third-order valence-electron chi connectivity index (χ3n) is 4.41. The van der Waals surface area contributed by atoms with Crippen LogP contribution in [-0.4, -0.2) is 34.5 Å². The molecule has 0 aliphatic carbocycles. The second-order valence-electron chi connectivity index (χ2n) is 6.11. The largest absolute Gasteiger partial charge is 0.381 e. The Hall–Kier alpha value is -2.37. The molecule has 1 aliphatic rings. The van der Waals surface area contributed by atoms with Crippen LogP contribution < -0.4 is 5.32 Å². The van der Waals surface area contributed by atoms with Crippen molar-refractivity contribution in [1.29, 1.82) is 0 Å². The van der Waals surface area contributed by atoms with Crippen molar-refractivity contribution in [3.63, 3.8) is 0 Å². The van der Waals surface area contributed by atoms with Crippen molar-refractivity contribution in [2.75, 3.05) is 13.2 Å². The third-order valence-corrected chi connectivity index (χ3v) is 4.64. The first-order valence-corrected chi connectivity index (χ1v) is 8.72. The minimum absolute atomic E-state index is 0.131. The topological polar surface area (TPSA) is 55.6 Å². The van der Waals surface area contributed by atoms with Gasteiger partial charge in [0.05, 0.1) is 11.2 Å². The molecule has 5 nitrogen and oxygen atoms in total. The molecule has 0 spiro atoms. The van der Waals surface area contributed by atoms with E-state index in [4.69, 9.17) is 16.3 Å². The Morgan fingerprint density at radius 3 is 2.84 bits per heavy atom. The van der Waals surface area contributed by atoms with Gasteiger partial charge in [-0.05, 0) is 37.1 Å². The predicted octanol–water partition coefficient (Wildman–Crippen LogP) is 3.56. The van der Waals surface area contributed by atoms with Gasteiger partial charge in [-0.3, -0.25) is 9.20 Å². The van der Waals surface area contributed by atoms with Gasteiger partial charge in [-0.1, -0.05) is 29.8 Å². The fourth-order valence-electron chi connectivity index (χ4n) is 3.14. The van der Waals surface area contributed by atoms with Crippen LogP contribution in [0.4, 0.5) is 0 Å². The number of carbonyl (C=O) groups is 1. The summed E-state index contributed by atoms with van der Waals surface area (Å²) < 4.78 is 7.17. The molecular formula is C19H18ClN3O2. The summed E-state index contributed by atoms with van der Waals surface area (Å²) in [5.74, 6) is 0.221. The standard InChI is InChI=1S/C19H18ClN3O2/c20-14-5-3-4-13(12-14)17-16-6-1-2-9-23(16)18(22-17)19(24)21-15-7-10-25-11-8-15/h1-6,9,12,15H,7-8,10-11H2,(H,21,24). The summed E-state index contributed by atoms with van der Waals surface area (Å²) in [5.41, 5.74) is 2.52. The molecule has 2 aromatic heterocycles. The zero-order valence-electron chi connectivity index (χ0n) is 13.6. The molecule has 0 unspecified atom stereocenters. The molecule has 0 atom stereocenters. The number of aromatic nitrogens is 2. The van der Waals surface area contributed by atoms with Crippen LogP contribution >= 0.6 is 11.6 Å². The maximum atomic E-state index is 12.8. The lowest BCUT2D eigenvalue weighted by molar-refractivity contribution is 0.0691. The molecule has 1 aromatic carbocycles. The van der Waals surface area contributed by atoms with Gasteiger partial charge in [0.1, 0.15) is 0 Å². The molecule has 0 radical (unpaired) electrons. The molecule has 25 heavy (non-hydrogen) atoms. The quantitative estimate of drug-likeness (QED) is 0.781. The lowest BCUT2D eigenvalue weighted by Crippen LogP contribution is -2.39. The van der Waals surface area contributed by atoms with Crippen molar-refractivity contribution in [1.82, 2.24) is 14.7 Å². The predicted molar refractivity (Wildman–Crippen MR) is 96.9 cm³/mol. The lowest BCUT2D eigenvalue weighted by atomic mass is 10.1. The van der Waals surface area contributed by atoms with Gasteiger partial charge in [-0.25, -0.2) is 4.98 Å². The van der Waals surface area contributed by atoms with E-state index in [1.54, 1.807) is 0 Å². The van der Waals surface area contributed by atoms with Gasteiger partial charge in [-0.2, -0.15) is 0 Å². The second-order valence-corrected chi connectivity index (χ2v) is 6.55. The maximum absolute atomic E-state index is 12.8. The van der Waals surface area contributed by atoms with Crippen molar-refractivity contribution < 1.29 is 9.53 Å². The Bertz CT molecular complexity index is 916. The Labute approximate surface area is 150 Å².